The Morgan fingerprint density at radius 2 is 2.00 bits per heavy atom. The number of hydrogen-bond donors (Lipinski definition) is 1. The van der Waals surface area contributed by atoms with Crippen molar-refractivity contribution in [1.29, 1.82) is 0 Å². The van der Waals surface area contributed by atoms with Gasteiger partial charge in [0.1, 0.15) is 10.7 Å². The molecule has 1 aliphatic rings. The Morgan fingerprint density at radius 1 is 1.38 bits per heavy atom. The lowest BCUT2D eigenvalue weighted by Gasteiger charge is -2.30. The van der Waals surface area contributed by atoms with Gasteiger partial charge in [-0.3, -0.25) is 10.1 Å². The van der Waals surface area contributed by atoms with Gasteiger partial charge in [0.25, 0.3) is 5.69 Å². The monoisotopic (exact) mass is 318 g/mol. The third-order valence-electron chi connectivity index (χ3n) is 3.58. The van der Waals surface area contributed by atoms with E-state index in [9.17, 15) is 22.9 Å². The summed E-state index contributed by atoms with van der Waals surface area (Å²) in [4.78, 5) is 9.25. The van der Waals surface area contributed by atoms with Crippen molar-refractivity contribution < 1.29 is 22.8 Å². The molecule has 0 saturated carbocycles. The molecule has 0 unspecified atom stereocenters. The Bertz CT molecular complexity index is 641. The zero-order valence-electron chi connectivity index (χ0n) is 11.1. The molecule has 1 saturated heterocycles. The fourth-order valence-corrected chi connectivity index (χ4v) is 3.83. The SMILES string of the molecule is O=[N+]([O-])c1ccc(F)c(S(=O)(=O)N2CCC(CO)CC2)c1. The van der Waals surface area contributed by atoms with E-state index >= 15 is 0 Å². The molecule has 116 valence electrons. The lowest BCUT2D eigenvalue weighted by Crippen LogP contribution is -2.39. The highest BCUT2D eigenvalue weighted by atomic mass is 32.2. The summed E-state index contributed by atoms with van der Waals surface area (Å²) in [6.07, 6.45) is 0.957. The van der Waals surface area contributed by atoms with Crippen LogP contribution in [-0.4, -0.2) is 42.4 Å². The Hall–Kier alpha value is -1.58. The van der Waals surface area contributed by atoms with Gasteiger partial charge < -0.3 is 5.11 Å². The van der Waals surface area contributed by atoms with E-state index < -0.39 is 31.3 Å². The van der Waals surface area contributed by atoms with Gasteiger partial charge in [-0.2, -0.15) is 4.31 Å². The molecule has 1 fully saturated rings. The summed E-state index contributed by atoms with van der Waals surface area (Å²) in [5.41, 5.74) is -0.472. The van der Waals surface area contributed by atoms with Crippen molar-refractivity contribution in [3.05, 3.63) is 34.1 Å². The van der Waals surface area contributed by atoms with Gasteiger partial charge in [-0.15, -0.1) is 0 Å². The van der Waals surface area contributed by atoms with Gasteiger partial charge in [0.2, 0.25) is 10.0 Å². The maximum absolute atomic E-state index is 13.8. The predicted octanol–water partition coefficient (Wildman–Crippen LogP) is 1.13. The molecule has 0 radical (unpaired) electrons. The highest BCUT2D eigenvalue weighted by Gasteiger charge is 2.32. The standard InChI is InChI=1S/C12H15FN2O5S/c13-11-2-1-10(15(17)18)7-12(11)21(19,20)14-5-3-9(8-16)4-6-14/h1-2,7,9,16H,3-6,8H2. The third kappa shape index (κ3) is 3.20. The molecule has 0 bridgehead atoms. The molecule has 1 aliphatic heterocycles. The maximum Gasteiger partial charge on any atom is 0.270 e. The summed E-state index contributed by atoms with van der Waals surface area (Å²) in [6.45, 7) is 0.310. The molecule has 0 spiro atoms. The Kier molecular flexibility index (Phi) is 4.55. The fourth-order valence-electron chi connectivity index (χ4n) is 2.27. The number of piperidine rings is 1. The summed E-state index contributed by atoms with van der Waals surface area (Å²) in [5.74, 6) is -0.976. The van der Waals surface area contributed by atoms with Gasteiger partial charge >= 0.3 is 0 Å². The largest absolute Gasteiger partial charge is 0.396 e. The van der Waals surface area contributed by atoms with E-state index in [2.05, 4.69) is 0 Å². The lowest BCUT2D eigenvalue weighted by molar-refractivity contribution is -0.385. The average molecular weight is 318 g/mol. The van der Waals surface area contributed by atoms with Crippen LogP contribution in [0, 0.1) is 21.8 Å². The molecule has 0 amide bonds. The van der Waals surface area contributed by atoms with E-state index in [0.717, 1.165) is 22.5 Å². The van der Waals surface area contributed by atoms with Gasteiger partial charge in [-0.25, -0.2) is 12.8 Å². The minimum atomic E-state index is -4.11. The van der Waals surface area contributed by atoms with Gasteiger partial charge in [0.05, 0.1) is 4.92 Å². The third-order valence-corrected chi connectivity index (χ3v) is 5.49. The van der Waals surface area contributed by atoms with Crippen molar-refractivity contribution in [3.8, 4) is 0 Å². The van der Waals surface area contributed by atoms with E-state index in [1.165, 1.54) is 0 Å². The molecule has 7 nitrogen and oxygen atoms in total. The zero-order valence-corrected chi connectivity index (χ0v) is 11.9. The lowest BCUT2D eigenvalue weighted by atomic mass is 10.00. The van der Waals surface area contributed by atoms with Crippen LogP contribution in [0.3, 0.4) is 0 Å². The number of non-ortho nitro benzene ring substituents is 1. The van der Waals surface area contributed by atoms with Crippen LogP contribution in [0.25, 0.3) is 0 Å². The van der Waals surface area contributed by atoms with E-state index in [1.54, 1.807) is 0 Å². The molecule has 0 atom stereocenters. The molecule has 1 aromatic carbocycles. The first-order valence-electron chi connectivity index (χ1n) is 6.41. The molecule has 2 rings (SSSR count). The van der Waals surface area contributed by atoms with E-state index in [-0.39, 0.29) is 25.6 Å². The quantitative estimate of drug-likeness (QED) is 0.662. The number of nitro benzene ring substituents is 1. The van der Waals surface area contributed by atoms with Crippen LogP contribution >= 0.6 is 0 Å². The van der Waals surface area contributed by atoms with E-state index in [4.69, 9.17) is 5.11 Å². The number of nitro groups is 1. The summed E-state index contributed by atoms with van der Waals surface area (Å²) in [5, 5.41) is 19.7. The van der Waals surface area contributed by atoms with Gasteiger partial charge in [-0.05, 0) is 24.8 Å². The van der Waals surface area contributed by atoms with Crippen LogP contribution in [0.15, 0.2) is 23.1 Å². The molecule has 9 heteroatoms. The Labute approximate surface area is 121 Å². The zero-order chi connectivity index (χ0) is 15.6. The number of sulfonamides is 1. The van der Waals surface area contributed by atoms with E-state index in [1.807, 2.05) is 0 Å². The minimum absolute atomic E-state index is 0.0148. The minimum Gasteiger partial charge on any atom is -0.396 e. The molecule has 1 heterocycles. The first-order valence-corrected chi connectivity index (χ1v) is 7.85. The number of rotatable bonds is 4. The second-order valence-corrected chi connectivity index (χ2v) is 6.81. The van der Waals surface area contributed by atoms with Crippen LogP contribution in [0.1, 0.15) is 12.8 Å². The molecular weight excluding hydrogens is 303 g/mol. The van der Waals surface area contributed by atoms with Crippen molar-refractivity contribution in [1.82, 2.24) is 4.31 Å². The van der Waals surface area contributed by atoms with Crippen molar-refractivity contribution in [2.45, 2.75) is 17.7 Å². The second kappa shape index (κ2) is 6.04. The molecular formula is C12H15FN2O5S. The highest BCUT2D eigenvalue weighted by Crippen LogP contribution is 2.27. The van der Waals surface area contributed by atoms with Gasteiger partial charge in [0, 0.05) is 31.8 Å². The fraction of sp³-hybridized carbons (Fsp3) is 0.500. The van der Waals surface area contributed by atoms with Crippen molar-refractivity contribution in [2.75, 3.05) is 19.7 Å². The summed E-state index contributed by atoms with van der Waals surface area (Å²) in [7, 11) is -4.11. The predicted molar refractivity (Wildman–Crippen MR) is 71.6 cm³/mol. The second-order valence-electron chi connectivity index (χ2n) is 4.90. The number of nitrogens with zero attached hydrogens (tertiary/aromatic N) is 2. The summed E-state index contributed by atoms with van der Waals surface area (Å²) in [6, 6.07) is 2.45. The average Bonchev–Trinajstić information content (AvgIpc) is 2.47. The van der Waals surface area contributed by atoms with Crippen molar-refractivity contribution in [2.24, 2.45) is 5.92 Å². The van der Waals surface area contributed by atoms with E-state index in [0.29, 0.717) is 12.8 Å². The van der Waals surface area contributed by atoms with Crippen LogP contribution < -0.4 is 0 Å². The molecule has 1 aromatic rings. The summed E-state index contributed by atoms with van der Waals surface area (Å²) < 4.78 is 39.6. The normalized spacial score (nSPS) is 17.8. The maximum atomic E-state index is 13.8. The summed E-state index contributed by atoms with van der Waals surface area (Å²) >= 11 is 0. The first-order chi connectivity index (χ1) is 9.86. The highest BCUT2D eigenvalue weighted by molar-refractivity contribution is 7.89. The molecule has 0 aromatic heterocycles. The van der Waals surface area contributed by atoms with Gasteiger partial charge in [-0.1, -0.05) is 0 Å². The van der Waals surface area contributed by atoms with Gasteiger partial charge in [0.15, 0.2) is 0 Å². The number of aliphatic hydroxyl groups is 1. The Morgan fingerprint density at radius 3 is 2.52 bits per heavy atom. The topological polar surface area (TPSA) is 101 Å². The Balaban J connectivity index is 2.32. The van der Waals surface area contributed by atoms with Crippen LogP contribution in [0.5, 0.6) is 0 Å². The number of halogens is 1. The molecule has 0 aliphatic carbocycles. The number of benzene rings is 1. The van der Waals surface area contributed by atoms with Crippen molar-refractivity contribution in [3.63, 3.8) is 0 Å². The van der Waals surface area contributed by atoms with Crippen LogP contribution in [0.4, 0.5) is 10.1 Å². The van der Waals surface area contributed by atoms with Crippen molar-refractivity contribution >= 4 is 15.7 Å². The number of aliphatic hydroxyl groups excluding tert-OH is 1. The van der Waals surface area contributed by atoms with Crippen LogP contribution in [0.2, 0.25) is 0 Å². The first kappa shape index (κ1) is 15.8. The molecule has 1 N–H and O–H groups in total. The van der Waals surface area contributed by atoms with Crippen LogP contribution in [-0.2, 0) is 10.0 Å². The number of hydrogen-bond acceptors (Lipinski definition) is 5. The molecule has 21 heavy (non-hydrogen) atoms. The smallest absolute Gasteiger partial charge is 0.270 e.